The Bertz CT molecular complexity index is 793. The fourth-order valence-electron chi connectivity index (χ4n) is 2.81. The van der Waals surface area contributed by atoms with Crippen LogP contribution in [0, 0.1) is 6.92 Å². The van der Waals surface area contributed by atoms with E-state index in [1.54, 1.807) is 0 Å². The van der Waals surface area contributed by atoms with Crippen LogP contribution in [-0.4, -0.2) is 28.0 Å². The summed E-state index contributed by atoms with van der Waals surface area (Å²) in [4.78, 5) is 12.2. The largest absolute Gasteiger partial charge is 0.370 e. The molecule has 3 N–H and O–H groups in total. The van der Waals surface area contributed by atoms with Crippen LogP contribution in [-0.2, 0) is 6.42 Å². The van der Waals surface area contributed by atoms with Gasteiger partial charge in [0.15, 0.2) is 0 Å². The Balaban J connectivity index is 1.60. The van der Waals surface area contributed by atoms with E-state index in [0.717, 1.165) is 43.4 Å². The second-order valence-electron chi connectivity index (χ2n) is 6.00. The Hall–Kier alpha value is -2.56. The van der Waals surface area contributed by atoms with Gasteiger partial charge in [-0.25, -0.2) is 9.97 Å². The van der Waals surface area contributed by atoms with E-state index in [9.17, 15) is 0 Å². The Kier molecular flexibility index (Phi) is 5.31. The number of nitrogens with zero attached hydrogens (tertiary/aromatic N) is 2. The predicted octanol–water partition coefficient (Wildman–Crippen LogP) is 4.13. The van der Waals surface area contributed by atoms with Gasteiger partial charge >= 0.3 is 0 Å². The molecule has 5 heteroatoms. The molecule has 0 spiro atoms. The molecular weight excluding hydrogens is 298 g/mol. The van der Waals surface area contributed by atoms with Gasteiger partial charge < -0.3 is 15.6 Å². The smallest absolute Gasteiger partial charge is 0.131 e. The normalized spacial score (nSPS) is 10.9. The minimum Gasteiger partial charge on any atom is -0.370 e. The molecule has 0 aliphatic rings. The average Bonchev–Trinajstić information content (AvgIpc) is 2.98. The number of nitrogens with one attached hydrogen (secondary N) is 3. The highest BCUT2D eigenvalue weighted by atomic mass is 15.1. The monoisotopic (exact) mass is 323 g/mol. The summed E-state index contributed by atoms with van der Waals surface area (Å²) in [6, 6.07) is 10.4. The molecule has 5 nitrogen and oxygen atoms in total. The van der Waals surface area contributed by atoms with Crippen LogP contribution in [0.15, 0.2) is 36.5 Å². The SMILES string of the molecule is CCCCNc1cc(NCCc2c[nH]c3ccccc23)nc(C)n1. The summed E-state index contributed by atoms with van der Waals surface area (Å²) < 4.78 is 0. The zero-order valence-electron chi connectivity index (χ0n) is 14.4. The zero-order valence-corrected chi connectivity index (χ0v) is 14.4. The lowest BCUT2D eigenvalue weighted by atomic mass is 10.1. The fraction of sp³-hybridized carbons (Fsp3) is 0.368. The van der Waals surface area contributed by atoms with Crippen LogP contribution in [0.3, 0.4) is 0 Å². The van der Waals surface area contributed by atoms with E-state index in [4.69, 9.17) is 0 Å². The van der Waals surface area contributed by atoms with E-state index < -0.39 is 0 Å². The first-order chi connectivity index (χ1) is 11.8. The molecule has 0 aliphatic heterocycles. The van der Waals surface area contributed by atoms with E-state index in [2.05, 4.69) is 63.0 Å². The average molecular weight is 323 g/mol. The molecule has 1 aromatic carbocycles. The van der Waals surface area contributed by atoms with Crippen molar-refractivity contribution in [3.8, 4) is 0 Å². The Labute approximate surface area is 142 Å². The van der Waals surface area contributed by atoms with Gasteiger partial charge in [-0.2, -0.15) is 0 Å². The Morgan fingerprint density at radius 2 is 1.79 bits per heavy atom. The summed E-state index contributed by atoms with van der Waals surface area (Å²) in [6.45, 7) is 5.90. The first-order valence-corrected chi connectivity index (χ1v) is 8.64. The molecule has 0 aliphatic carbocycles. The van der Waals surface area contributed by atoms with E-state index in [0.29, 0.717) is 0 Å². The van der Waals surface area contributed by atoms with Gasteiger partial charge in [0.1, 0.15) is 17.5 Å². The molecule has 24 heavy (non-hydrogen) atoms. The third kappa shape index (κ3) is 4.04. The number of para-hydroxylation sites is 1. The minimum absolute atomic E-state index is 0.783. The maximum Gasteiger partial charge on any atom is 0.131 e. The number of aromatic amines is 1. The highest BCUT2D eigenvalue weighted by Gasteiger charge is 2.04. The molecule has 0 unspecified atom stereocenters. The van der Waals surface area contributed by atoms with Crippen molar-refractivity contribution in [1.29, 1.82) is 0 Å². The minimum atomic E-state index is 0.783. The van der Waals surface area contributed by atoms with Crippen LogP contribution in [0.2, 0.25) is 0 Å². The molecule has 0 bridgehead atoms. The van der Waals surface area contributed by atoms with Crippen LogP contribution in [0.1, 0.15) is 31.2 Å². The number of hydrogen-bond acceptors (Lipinski definition) is 4. The molecule has 0 saturated carbocycles. The van der Waals surface area contributed by atoms with Crippen LogP contribution >= 0.6 is 0 Å². The number of benzene rings is 1. The summed E-state index contributed by atoms with van der Waals surface area (Å²) in [5.41, 5.74) is 2.51. The number of hydrogen-bond donors (Lipinski definition) is 3. The summed E-state index contributed by atoms with van der Waals surface area (Å²) >= 11 is 0. The van der Waals surface area contributed by atoms with Gasteiger partial charge in [0, 0.05) is 36.3 Å². The Morgan fingerprint density at radius 1 is 1.04 bits per heavy atom. The van der Waals surface area contributed by atoms with Crippen molar-refractivity contribution in [1.82, 2.24) is 15.0 Å². The predicted molar refractivity (Wildman–Crippen MR) is 101 cm³/mol. The van der Waals surface area contributed by atoms with Gasteiger partial charge in [-0.05, 0) is 31.4 Å². The first kappa shape index (κ1) is 16.3. The molecule has 2 aromatic heterocycles. The summed E-state index contributed by atoms with van der Waals surface area (Å²) in [6.07, 6.45) is 5.36. The van der Waals surface area contributed by atoms with Crippen molar-refractivity contribution < 1.29 is 0 Å². The second kappa shape index (κ2) is 7.81. The third-order valence-corrected chi connectivity index (χ3v) is 4.05. The standard InChI is InChI=1S/C19H25N5/c1-3-4-10-20-18-12-19(24-14(2)23-18)21-11-9-15-13-22-17-8-6-5-7-16(15)17/h5-8,12-13,22H,3-4,9-11H2,1-2H3,(H2,20,21,23,24). The molecule has 3 rings (SSSR count). The molecule has 0 atom stereocenters. The molecule has 0 radical (unpaired) electrons. The number of aryl methyl sites for hydroxylation is 1. The van der Waals surface area contributed by atoms with Gasteiger partial charge in [0.2, 0.25) is 0 Å². The number of aromatic nitrogens is 3. The highest BCUT2D eigenvalue weighted by molar-refractivity contribution is 5.83. The van der Waals surface area contributed by atoms with Gasteiger partial charge in [-0.15, -0.1) is 0 Å². The molecule has 2 heterocycles. The number of fused-ring (bicyclic) bond motifs is 1. The summed E-state index contributed by atoms with van der Waals surface area (Å²) in [7, 11) is 0. The molecule has 0 fully saturated rings. The van der Waals surface area contributed by atoms with Crippen molar-refractivity contribution in [2.45, 2.75) is 33.1 Å². The third-order valence-electron chi connectivity index (χ3n) is 4.05. The van der Waals surface area contributed by atoms with Crippen LogP contribution < -0.4 is 10.6 Å². The second-order valence-corrected chi connectivity index (χ2v) is 6.00. The van der Waals surface area contributed by atoms with Crippen molar-refractivity contribution in [3.05, 3.63) is 47.9 Å². The quantitative estimate of drug-likeness (QED) is 0.545. The van der Waals surface area contributed by atoms with Crippen LogP contribution in [0.5, 0.6) is 0 Å². The molecule has 0 saturated heterocycles. The summed E-state index contributed by atoms with van der Waals surface area (Å²) in [5.74, 6) is 2.55. The number of anilines is 2. The van der Waals surface area contributed by atoms with Crippen LogP contribution in [0.4, 0.5) is 11.6 Å². The maximum atomic E-state index is 4.47. The first-order valence-electron chi connectivity index (χ1n) is 8.64. The lowest BCUT2D eigenvalue weighted by molar-refractivity contribution is 0.829. The van der Waals surface area contributed by atoms with Crippen molar-refractivity contribution >= 4 is 22.5 Å². The highest BCUT2D eigenvalue weighted by Crippen LogP contribution is 2.18. The van der Waals surface area contributed by atoms with Crippen molar-refractivity contribution in [3.63, 3.8) is 0 Å². The summed E-state index contributed by atoms with van der Waals surface area (Å²) in [5, 5.41) is 8.06. The topological polar surface area (TPSA) is 65.6 Å². The molecular formula is C19H25N5. The van der Waals surface area contributed by atoms with Gasteiger partial charge in [0.05, 0.1) is 0 Å². The zero-order chi connectivity index (χ0) is 16.8. The van der Waals surface area contributed by atoms with Gasteiger partial charge in [-0.1, -0.05) is 31.5 Å². The number of unbranched alkanes of at least 4 members (excludes halogenated alkanes) is 1. The van der Waals surface area contributed by atoms with Gasteiger partial charge in [0.25, 0.3) is 0 Å². The molecule has 126 valence electrons. The fourth-order valence-corrected chi connectivity index (χ4v) is 2.81. The maximum absolute atomic E-state index is 4.47. The lowest BCUT2D eigenvalue weighted by Gasteiger charge is -2.10. The number of rotatable bonds is 8. The van der Waals surface area contributed by atoms with Crippen molar-refractivity contribution in [2.24, 2.45) is 0 Å². The van der Waals surface area contributed by atoms with Gasteiger partial charge in [-0.3, -0.25) is 0 Å². The van der Waals surface area contributed by atoms with E-state index >= 15 is 0 Å². The van der Waals surface area contributed by atoms with Crippen molar-refractivity contribution in [2.75, 3.05) is 23.7 Å². The van der Waals surface area contributed by atoms with E-state index in [1.165, 1.54) is 22.9 Å². The molecule has 3 aromatic rings. The molecule has 0 amide bonds. The van der Waals surface area contributed by atoms with E-state index in [-0.39, 0.29) is 0 Å². The number of H-pyrrole nitrogens is 1. The van der Waals surface area contributed by atoms with E-state index in [1.807, 2.05) is 13.0 Å². The Morgan fingerprint density at radius 3 is 2.58 bits per heavy atom. The lowest BCUT2D eigenvalue weighted by Crippen LogP contribution is -2.10. The van der Waals surface area contributed by atoms with Crippen LogP contribution in [0.25, 0.3) is 10.9 Å².